The van der Waals surface area contributed by atoms with Crippen molar-refractivity contribution >= 4 is 6.03 Å². The number of carbonyl (C=O) groups excluding carboxylic acids is 1. The highest BCUT2D eigenvalue weighted by Crippen LogP contribution is 2.32. The standard InChI is InChI=1S/C21H30N4O/c1-15(2)19(20-16(3)9-7-12-22-20)23-21(26)25-14-6-5-10-18(25)17-11-8-13-24(17)4/h7-9,11-13,15,18-19H,5-6,10,14H2,1-4H3,(H,23,26). The maximum Gasteiger partial charge on any atom is 0.318 e. The molecule has 5 nitrogen and oxygen atoms in total. The van der Waals surface area contributed by atoms with Crippen LogP contribution in [0, 0.1) is 12.8 Å². The zero-order valence-corrected chi connectivity index (χ0v) is 16.3. The van der Waals surface area contributed by atoms with Crippen molar-refractivity contribution in [1.82, 2.24) is 19.8 Å². The van der Waals surface area contributed by atoms with Crippen molar-refractivity contribution < 1.29 is 4.79 Å². The number of nitrogens with zero attached hydrogens (tertiary/aromatic N) is 3. The lowest BCUT2D eigenvalue weighted by molar-refractivity contribution is 0.142. The van der Waals surface area contributed by atoms with Gasteiger partial charge in [-0.1, -0.05) is 19.9 Å². The van der Waals surface area contributed by atoms with Crippen LogP contribution < -0.4 is 5.32 Å². The van der Waals surface area contributed by atoms with E-state index in [0.29, 0.717) is 0 Å². The second-order valence-electron chi connectivity index (χ2n) is 7.63. The van der Waals surface area contributed by atoms with Gasteiger partial charge in [-0.2, -0.15) is 0 Å². The Morgan fingerprint density at radius 1 is 1.27 bits per heavy atom. The molecule has 2 aromatic rings. The molecule has 2 amide bonds. The number of aromatic nitrogens is 2. The van der Waals surface area contributed by atoms with Gasteiger partial charge in [-0.15, -0.1) is 0 Å². The normalized spacial score (nSPS) is 18.8. The van der Waals surface area contributed by atoms with Crippen molar-refractivity contribution in [2.24, 2.45) is 13.0 Å². The van der Waals surface area contributed by atoms with Gasteiger partial charge in [0.25, 0.3) is 0 Å². The summed E-state index contributed by atoms with van der Waals surface area (Å²) in [6.45, 7) is 7.11. The van der Waals surface area contributed by atoms with Gasteiger partial charge in [0.15, 0.2) is 0 Å². The third-order valence-electron chi connectivity index (χ3n) is 5.38. The number of pyridine rings is 1. The highest BCUT2D eigenvalue weighted by atomic mass is 16.2. The molecule has 5 heteroatoms. The number of nitrogens with one attached hydrogen (secondary N) is 1. The Morgan fingerprint density at radius 3 is 2.73 bits per heavy atom. The van der Waals surface area contributed by atoms with E-state index in [1.165, 1.54) is 5.69 Å². The number of likely N-dealkylation sites (tertiary alicyclic amines) is 1. The molecular weight excluding hydrogens is 324 g/mol. The SMILES string of the molecule is Cc1cccnc1C(NC(=O)N1CCCCC1c1cccn1C)C(C)C. The first kappa shape index (κ1) is 18.5. The molecule has 26 heavy (non-hydrogen) atoms. The number of aryl methyl sites for hydroxylation is 2. The van der Waals surface area contributed by atoms with Crippen LogP contribution in [0.2, 0.25) is 0 Å². The average Bonchev–Trinajstić information content (AvgIpc) is 3.06. The summed E-state index contributed by atoms with van der Waals surface area (Å²) in [5.41, 5.74) is 3.28. The molecule has 2 aromatic heterocycles. The van der Waals surface area contributed by atoms with Gasteiger partial charge >= 0.3 is 6.03 Å². The Bertz CT molecular complexity index is 752. The summed E-state index contributed by atoms with van der Waals surface area (Å²) in [5, 5.41) is 3.27. The topological polar surface area (TPSA) is 50.2 Å². The first-order chi connectivity index (χ1) is 12.5. The van der Waals surface area contributed by atoms with E-state index in [0.717, 1.165) is 37.1 Å². The van der Waals surface area contributed by atoms with Gasteiger partial charge in [-0.05, 0) is 55.9 Å². The molecule has 2 atom stereocenters. The number of rotatable bonds is 4. The van der Waals surface area contributed by atoms with Crippen LogP contribution in [0.3, 0.4) is 0 Å². The van der Waals surface area contributed by atoms with E-state index in [2.05, 4.69) is 47.8 Å². The molecule has 1 aliphatic rings. The predicted molar refractivity (Wildman–Crippen MR) is 104 cm³/mol. The fourth-order valence-corrected chi connectivity index (χ4v) is 3.89. The summed E-state index contributed by atoms with van der Waals surface area (Å²) >= 11 is 0. The first-order valence-electron chi connectivity index (χ1n) is 9.59. The Balaban J connectivity index is 1.82. The second-order valence-corrected chi connectivity index (χ2v) is 7.63. The van der Waals surface area contributed by atoms with Crippen molar-refractivity contribution in [3.8, 4) is 0 Å². The molecular formula is C21H30N4O. The molecule has 1 N–H and O–H groups in total. The van der Waals surface area contributed by atoms with E-state index in [1.54, 1.807) is 6.20 Å². The first-order valence-corrected chi connectivity index (χ1v) is 9.59. The van der Waals surface area contributed by atoms with Crippen LogP contribution in [0.15, 0.2) is 36.7 Å². The largest absolute Gasteiger partial charge is 0.353 e. The molecule has 2 unspecified atom stereocenters. The Kier molecular flexibility index (Phi) is 5.64. The molecule has 0 spiro atoms. The summed E-state index contributed by atoms with van der Waals surface area (Å²) in [6.07, 6.45) is 7.09. The fraction of sp³-hybridized carbons (Fsp3) is 0.524. The molecule has 0 aromatic carbocycles. The molecule has 1 saturated heterocycles. The Hall–Kier alpha value is -2.30. The summed E-state index contributed by atoms with van der Waals surface area (Å²) in [5.74, 6) is 0.269. The highest BCUT2D eigenvalue weighted by Gasteiger charge is 2.31. The minimum atomic E-state index is -0.0836. The zero-order valence-electron chi connectivity index (χ0n) is 16.3. The maximum atomic E-state index is 13.2. The van der Waals surface area contributed by atoms with E-state index in [9.17, 15) is 4.79 Å². The molecule has 140 valence electrons. The van der Waals surface area contributed by atoms with Crippen LogP contribution in [-0.4, -0.2) is 27.0 Å². The molecule has 0 radical (unpaired) electrons. The molecule has 1 aliphatic heterocycles. The minimum Gasteiger partial charge on any atom is -0.353 e. The van der Waals surface area contributed by atoms with Crippen LogP contribution in [0.25, 0.3) is 0 Å². The molecule has 0 bridgehead atoms. The number of hydrogen-bond donors (Lipinski definition) is 1. The Morgan fingerprint density at radius 2 is 2.08 bits per heavy atom. The van der Waals surface area contributed by atoms with Gasteiger partial charge in [-0.3, -0.25) is 4.98 Å². The number of urea groups is 1. The quantitative estimate of drug-likeness (QED) is 0.887. The lowest BCUT2D eigenvalue weighted by atomic mass is 9.96. The zero-order chi connectivity index (χ0) is 18.7. The monoisotopic (exact) mass is 354 g/mol. The molecule has 0 saturated carbocycles. The van der Waals surface area contributed by atoms with Gasteiger partial charge in [0.1, 0.15) is 0 Å². The third-order valence-corrected chi connectivity index (χ3v) is 5.38. The number of piperidine rings is 1. The number of carbonyl (C=O) groups is 1. The van der Waals surface area contributed by atoms with Gasteiger partial charge in [0.2, 0.25) is 0 Å². The molecule has 3 heterocycles. The molecule has 0 aliphatic carbocycles. The lowest BCUT2D eigenvalue weighted by Crippen LogP contribution is -2.47. The van der Waals surface area contributed by atoms with E-state index in [1.807, 2.05) is 30.3 Å². The van der Waals surface area contributed by atoms with Crippen LogP contribution in [0.5, 0.6) is 0 Å². The van der Waals surface area contributed by atoms with E-state index in [4.69, 9.17) is 0 Å². The predicted octanol–water partition coefficient (Wildman–Crippen LogP) is 4.36. The van der Waals surface area contributed by atoms with E-state index >= 15 is 0 Å². The summed E-state index contributed by atoms with van der Waals surface area (Å²) in [4.78, 5) is 19.7. The van der Waals surface area contributed by atoms with Crippen LogP contribution in [0.1, 0.15) is 62.1 Å². The summed E-state index contributed by atoms with van der Waals surface area (Å²) < 4.78 is 2.12. The van der Waals surface area contributed by atoms with Gasteiger partial charge in [-0.25, -0.2) is 4.79 Å². The van der Waals surface area contributed by atoms with E-state index in [-0.39, 0.29) is 24.0 Å². The second kappa shape index (κ2) is 7.94. The Labute approximate surface area is 156 Å². The lowest BCUT2D eigenvalue weighted by Gasteiger charge is -2.37. The van der Waals surface area contributed by atoms with Crippen molar-refractivity contribution in [1.29, 1.82) is 0 Å². The molecule has 1 fully saturated rings. The van der Waals surface area contributed by atoms with Crippen LogP contribution in [0.4, 0.5) is 4.79 Å². The van der Waals surface area contributed by atoms with Gasteiger partial charge in [0.05, 0.1) is 17.8 Å². The average molecular weight is 354 g/mol. The maximum absolute atomic E-state index is 13.2. The van der Waals surface area contributed by atoms with Crippen LogP contribution >= 0.6 is 0 Å². The van der Waals surface area contributed by atoms with Gasteiger partial charge < -0.3 is 14.8 Å². The minimum absolute atomic E-state index is 0.0136. The molecule has 3 rings (SSSR count). The van der Waals surface area contributed by atoms with E-state index < -0.39 is 0 Å². The summed E-state index contributed by atoms with van der Waals surface area (Å²) in [7, 11) is 2.05. The highest BCUT2D eigenvalue weighted by molar-refractivity contribution is 5.75. The number of hydrogen-bond acceptors (Lipinski definition) is 2. The van der Waals surface area contributed by atoms with Crippen molar-refractivity contribution in [2.75, 3.05) is 6.54 Å². The van der Waals surface area contributed by atoms with Crippen molar-refractivity contribution in [2.45, 2.75) is 52.1 Å². The van der Waals surface area contributed by atoms with Crippen molar-refractivity contribution in [3.05, 3.63) is 53.6 Å². The van der Waals surface area contributed by atoms with Gasteiger partial charge in [0, 0.05) is 31.7 Å². The van der Waals surface area contributed by atoms with Crippen LogP contribution in [-0.2, 0) is 7.05 Å². The fourth-order valence-electron chi connectivity index (χ4n) is 3.89. The van der Waals surface area contributed by atoms with Crippen molar-refractivity contribution in [3.63, 3.8) is 0 Å². The smallest absolute Gasteiger partial charge is 0.318 e. The number of amides is 2. The summed E-state index contributed by atoms with van der Waals surface area (Å²) in [6, 6.07) is 8.24. The third kappa shape index (κ3) is 3.76.